The summed E-state index contributed by atoms with van der Waals surface area (Å²) in [5.41, 5.74) is -0.808. The lowest BCUT2D eigenvalue weighted by Crippen LogP contribution is -2.64. The molecule has 16 nitrogen and oxygen atoms in total. The molecule has 1 spiro atoms. The number of ether oxygens (including phenoxy) is 3. The molecule has 276 valence electrons. The van der Waals surface area contributed by atoms with E-state index in [2.05, 4.69) is 32.6 Å². The number of carboxylic acid groups (broad SMARTS) is 1. The molecule has 0 radical (unpaired) electrons. The molecule has 15 atom stereocenters. The van der Waals surface area contributed by atoms with Crippen molar-refractivity contribution < 1.29 is 76.8 Å². The molecule has 1 saturated heterocycles. The van der Waals surface area contributed by atoms with E-state index in [-0.39, 0.29) is 54.3 Å². The maximum Gasteiger partial charge on any atom is 0.306 e. The summed E-state index contributed by atoms with van der Waals surface area (Å²) in [5.74, 6) is -1.99. The maximum atomic E-state index is 13.0. The van der Waals surface area contributed by atoms with Crippen LogP contribution < -0.4 is 0 Å². The Hall–Kier alpha value is -1.00. The van der Waals surface area contributed by atoms with Crippen LogP contribution in [0.2, 0.25) is 0 Å². The average molecular weight is 729 g/mol. The average Bonchev–Trinajstić information content (AvgIpc) is 3.20. The van der Waals surface area contributed by atoms with Crippen LogP contribution in [0.4, 0.5) is 0 Å². The van der Waals surface area contributed by atoms with Crippen molar-refractivity contribution in [3.63, 3.8) is 0 Å². The van der Waals surface area contributed by atoms with Crippen LogP contribution >= 0.6 is 12.3 Å². The standard InChI is InChI=1S/C30H48O16S2/c1-14(2)9-22(32)41-24-23(42-47-45-43-36)25(48(38)46-44-37)20(13-31)40-28(24)39-17-10-18(27(34)35)19-7-8-30-11-16(15(3)26(30)33)5-6-21(30)29(19,4)12-17/h14-21,23-26,28,31,33,36-37H,5-13H2,1-4H3,(H,34,35)/t15?,16?,17?,18?,19?,20-,21?,23+,24?,25-,26+,28-,29?,30?,48?/m1/s1. The van der Waals surface area contributed by atoms with E-state index in [1.165, 1.54) is 0 Å². The summed E-state index contributed by atoms with van der Waals surface area (Å²) in [5, 5.41) is 55.6. The van der Waals surface area contributed by atoms with Crippen LogP contribution in [-0.2, 0) is 57.8 Å². The first kappa shape index (κ1) is 38.2. The molecule has 0 aromatic rings. The summed E-state index contributed by atoms with van der Waals surface area (Å²) in [6.07, 6.45) is -2.28. The van der Waals surface area contributed by atoms with Crippen molar-refractivity contribution in [2.24, 2.45) is 46.3 Å². The predicted octanol–water partition coefficient (Wildman–Crippen LogP) is 3.19. The second kappa shape index (κ2) is 15.7. The van der Waals surface area contributed by atoms with Crippen LogP contribution in [-0.4, -0.2) is 90.6 Å². The van der Waals surface area contributed by atoms with E-state index >= 15 is 0 Å². The molecule has 0 amide bonds. The van der Waals surface area contributed by atoms with Crippen molar-refractivity contribution in [3.05, 3.63) is 0 Å². The van der Waals surface area contributed by atoms with Gasteiger partial charge in [-0.1, -0.05) is 37.8 Å². The first-order valence-corrected chi connectivity index (χ1v) is 18.3. The number of fused-ring (bicyclic) bond motifs is 3. The topological polar surface area (TPSA) is 226 Å². The van der Waals surface area contributed by atoms with Gasteiger partial charge in [0.05, 0.1) is 24.7 Å². The highest BCUT2D eigenvalue weighted by molar-refractivity contribution is 7.89. The molecule has 5 fully saturated rings. The Balaban J connectivity index is 1.48. The Morgan fingerprint density at radius 1 is 1.10 bits per heavy atom. The first-order chi connectivity index (χ1) is 22.8. The lowest BCUT2D eigenvalue weighted by Gasteiger charge is -2.62. The maximum absolute atomic E-state index is 13.0. The van der Waals surface area contributed by atoms with Crippen molar-refractivity contribution in [1.82, 2.24) is 0 Å². The molecule has 1 heterocycles. The Morgan fingerprint density at radius 2 is 1.85 bits per heavy atom. The van der Waals surface area contributed by atoms with E-state index in [9.17, 15) is 29.1 Å². The minimum atomic E-state index is -2.58. The molecular formula is C30H48O16S2. The number of esters is 1. The van der Waals surface area contributed by atoms with Gasteiger partial charge in [-0.25, -0.2) is 14.7 Å². The monoisotopic (exact) mass is 728 g/mol. The number of hydrogen-bond acceptors (Lipinski definition) is 16. The van der Waals surface area contributed by atoms with Gasteiger partial charge in [0.15, 0.2) is 35.8 Å². The molecule has 48 heavy (non-hydrogen) atoms. The summed E-state index contributed by atoms with van der Waals surface area (Å²) in [6.45, 7) is 7.06. The number of rotatable bonds is 14. The summed E-state index contributed by atoms with van der Waals surface area (Å²) in [7, 11) is 0. The van der Waals surface area contributed by atoms with Crippen molar-refractivity contribution in [1.29, 1.82) is 0 Å². The first-order valence-electron chi connectivity index (χ1n) is 16.5. The summed E-state index contributed by atoms with van der Waals surface area (Å²) >= 11 is -2.49. The quantitative estimate of drug-likeness (QED) is 0.0432. The van der Waals surface area contributed by atoms with E-state index in [0.717, 1.165) is 25.7 Å². The van der Waals surface area contributed by atoms with Crippen LogP contribution in [0.5, 0.6) is 0 Å². The van der Waals surface area contributed by atoms with E-state index < -0.39 is 83.0 Å². The molecular weight excluding hydrogens is 680 g/mol. The van der Waals surface area contributed by atoms with Crippen LogP contribution in [0.15, 0.2) is 0 Å². The van der Waals surface area contributed by atoms with E-state index in [0.29, 0.717) is 18.8 Å². The number of carbonyl (C=O) groups excluding carboxylic acids is 1. The highest BCUT2D eigenvalue weighted by Crippen LogP contribution is 2.71. The van der Waals surface area contributed by atoms with Crippen LogP contribution in [0.3, 0.4) is 0 Å². The highest BCUT2D eigenvalue weighted by atomic mass is 32.2. The molecule has 0 aromatic heterocycles. The molecule has 2 bridgehead atoms. The third kappa shape index (κ3) is 7.20. The molecule has 5 aliphatic rings. The Kier molecular flexibility index (Phi) is 12.5. The van der Waals surface area contributed by atoms with E-state index in [1.807, 2.05) is 0 Å². The second-order valence-corrected chi connectivity index (χ2v) is 16.5. The van der Waals surface area contributed by atoms with Crippen molar-refractivity contribution in [2.75, 3.05) is 6.61 Å². The van der Waals surface area contributed by atoms with Crippen molar-refractivity contribution in [3.8, 4) is 0 Å². The summed E-state index contributed by atoms with van der Waals surface area (Å²) in [4.78, 5) is 25.9. The Bertz CT molecular complexity index is 1160. The van der Waals surface area contributed by atoms with E-state index in [4.69, 9.17) is 28.9 Å². The van der Waals surface area contributed by atoms with Gasteiger partial charge in [-0.2, -0.15) is 0 Å². The number of hydrogen-bond donors (Lipinski definition) is 5. The third-order valence-electron chi connectivity index (χ3n) is 12.0. The lowest BCUT2D eigenvalue weighted by molar-refractivity contribution is -0.436. The van der Waals surface area contributed by atoms with Gasteiger partial charge in [0, 0.05) is 11.8 Å². The Morgan fingerprint density at radius 3 is 2.50 bits per heavy atom. The van der Waals surface area contributed by atoms with Gasteiger partial charge < -0.3 is 29.5 Å². The number of carbonyl (C=O) groups is 2. The smallest absolute Gasteiger partial charge is 0.306 e. The second-order valence-electron chi connectivity index (χ2n) is 14.8. The molecule has 4 saturated carbocycles. The normalized spacial score (nSPS) is 44.5. The largest absolute Gasteiger partial charge is 0.481 e. The molecule has 10 unspecified atom stereocenters. The fraction of sp³-hybridized carbons (Fsp3) is 0.933. The van der Waals surface area contributed by atoms with Gasteiger partial charge >= 0.3 is 11.9 Å². The minimum Gasteiger partial charge on any atom is -0.481 e. The zero-order valence-corrected chi connectivity index (χ0v) is 29.0. The minimum absolute atomic E-state index is 0.0253. The Labute approximate surface area is 285 Å². The van der Waals surface area contributed by atoms with Gasteiger partial charge in [0.25, 0.3) is 0 Å². The van der Waals surface area contributed by atoms with Crippen LogP contribution in [0, 0.1) is 46.3 Å². The van der Waals surface area contributed by atoms with Crippen LogP contribution in [0.25, 0.3) is 0 Å². The molecule has 1 aliphatic heterocycles. The van der Waals surface area contributed by atoms with Gasteiger partial charge in [-0.15, -0.1) is 8.67 Å². The van der Waals surface area contributed by atoms with Gasteiger partial charge in [-0.05, 0) is 80.0 Å². The summed E-state index contributed by atoms with van der Waals surface area (Å²) < 4.78 is 45.8. The number of carboxylic acids is 1. The SMILES string of the molecule is CC(C)CC(=O)OC1[C@H](OC2CC(C(=O)O)C3CCC45CC(CCC4C3(C)C2)C(C)[C@@H]5O)O[C@H](CO)[C@@H](S(=O)OOO)[C@H]1OSOOO. The van der Waals surface area contributed by atoms with Gasteiger partial charge in [-0.3, -0.25) is 13.8 Å². The molecule has 18 heteroatoms. The predicted molar refractivity (Wildman–Crippen MR) is 164 cm³/mol. The molecule has 5 rings (SSSR count). The zero-order chi connectivity index (χ0) is 35.0. The van der Waals surface area contributed by atoms with Crippen molar-refractivity contribution in [2.45, 2.75) is 121 Å². The van der Waals surface area contributed by atoms with E-state index in [1.54, 1.807) is 13.8 Å². The molecule has 5 N–H and O–H groups in total. The van der Waals surface area contributed by atoms with Gasteiger partial charge in [0.2, 0.25) is 0 Å². The fourth-order valence-corrected chi connectivity index (χ4v) is 11.6. The molecule has 4 aliphatic carbocycles. The molecule has 0 aromatic carbocycles. The summed E-state index contributed by atoms with van der Waals surface area (Å²) in [6, 6.07) is 0. The van der Waals surface area contributed by atoms with Crippen LogP contribution in [0.1, 0.15) is 79.1 Å². The number of aliphatic carboxylic acids is 1. The zero-order valence-electron chi connectivity index (χ0n) is 27.4. The third-order valence-corrected chi connectivity index (χ3v) is 13.6. The lowest BCUT2D eigenvalue weighted by atomic mass is 9.43. The fourth-order valence-electron chi connectivity index (χ4n) is 10.2. The number of aliphatic hydroxyl groups is 2. The van der Waals surface area contributed by atoms with Gasteiger partial charge in [0.1, 0.15) is 17.5 Å². The number of aliphatic hydroxyl groups excluding tert-OH is 2. The highest BCUT2D eigenvalue weighted by Gasteiger charge is 2.67. The van der Waals surface area contributed by atoms with Crippen molar-refractivity contribution >= 4 is 35.3 Å².